The molecule has 0 unspecified atom stereocenters. The van der Waals surface area contributed by atoms with Crippen LogP contribution < -0.4 is 4.74 Å². The van der Waals surface area contributed by atoms with Gasteiger partial charge in [0, 0.05) is 0 Å². The molecule has 0 spiro atoms. The van der Waals surface area contributed by atoms with Gasteiger partial charge in [0.1, 0.15) is 5.75 Å². The van der Waals surface area contributed by atoms with E-state index in [9.17, 15) is 79.4 Å². The number of carbonyl (C=O) groups is 1. The molecule has 1 aromatic carbocycles. The maximum atomic E-state index is 14.2. The summed E-state index contributed by atoms with van der Waals surface area (Å²) >= 11 is 0. The second kappa shape index (κ2) is 9.06. The minimum absolute atomic E-state index is 0.519. The highest BCUT2D eigenvalue weighted by molar-refractivity contribution is 5.81. The lowest BCUT2D eigenvalue weighted by molar-refractivity contribution is -0.548. The summed E-state index contributed by atoms with van der Waals surface area (Å²) < 4.78 is 228. The van der Waals surface area contributed by atoms with Crippen LogP contribution >= 0.6 is 0 Å². The standard InChI is InChI=1S/C15H5F17O4/c16-8(11(20,21)22,7(33)34-6-4-2-1-3-5-6)35-15(31,32)10(19,13(26,27)28)36-14(29,30)9(17,18)12(23,24)25/h1-5H/t8-,10-/m0/s1. The molecule has 1 rings (SSSR count). The van der Waals surface area contributed by atoms with E-state index in [0.29, 0.717) is 12.1 Å². The lowest BCUT2D eigenvalue weighted by Crippen LogP contribution is -2.68. The molecule has 0 aliphatic rings. The molecule has 0 saturated carbocycles. The van der Waals surface area contributed by atoms with E-state index in [4.69, 9.17) is 0 Å². The smallest absolute Gasteiger partial charge is 0.422 e. The van der Waals surface area contributed by atoms with Crippen molar-refractivity contribution < 1.29 is 93.6 Å². The van der Waals surface area contributed by atoms with Crippen LogP contribution in [0.3, 0.4) is 0 Å². The molecule has 2 atom stereocenters. The van der Waals surface area contributed by atoms with Crippen LogP contribution in [0.25, 0.3) is 0 Å². The molecule has 0 fully saturated rings. The fourth-order valence-corrected chi connectivity index (χ4v) is 1.81. The number of para-hydroxylation sites is 1. The third kappa shape index (κ3) is 5.54. The van der Waals surface area contributed by atoms with Gasteiger partial charge in [0.15, 0.2) is 0 Å². The second-order valence-corrected chi connectivity index (χ2v) is 6.20. The van der Waals surface area contributed by atoms with Crippen molar-refractivity contribution in [1.82, 2.24) is 0 Å². The molecule has 0 aromatic heterocycles. The molecule has 0 saturated heterocycles. The highest BCUT2D eigenvalue weighted by atomic mass is 19.4. The molecule has 21 heteroatoms. The van der Waals surface area contributed by atoms with Gasteiger partial charge in [0.05, 0.1) is 0 Å². The first kappa shape index (κ1) is 31.4. The number of halogens is 17. The van der Waals surface area contributed by atoms with E-state index in [2.05, 4.69) is 4.74 Å². The van der Waals surface area contributed by atoms with Crippen molar-refractivity contribution in [3.63, 3.8) is 0 Å². The summed E-state index contributed by atoms with van der Waals surface area (Å²) in [5.74, 6) is -27.7. The zero-order valence-electron chi connectivity index (χ0n) is 15.9. The zero-order valence-corrected chi connectivity index (χ0v) is 15.9. The molecular formula is C15H5F17O4. The first-order valence-electron chi connectivity index (χ1n) is 8.05. The van der Waals surface area contributed by atoms with E-state index in [1.165, 1.54) is 4.74 Å². The minimum Gasteiger partial charge on any atom is -0.422 e. The normalized spacial score (nSPS) is 17.8. The van der Waals surface area contributed by atoms with Crippen LogP contribution in [0.2, 0.25) is 0 Å². The monoisotopic (exact) mass is 572 g/mol. The summed E-state index contributed by atoms with van der Waals surface area (Å²) in [6.07, 6.45) is -38.7. The summed E-state index contributed by atoms with van der Waals surface area (Å²) in [4.78, 5) is 11.5. The molecule has 208 valence electrons. The fraction of sp³-hybridized carbons (Fsp3) is 0.533. The molecule has 0 bridgehead atoms. The van der Waals surface area contributed by atoms with Gasteiger partial charge in [-0.05, 0) is 12.1 Å². The van der Waals surface area contributed by atoms with Crippen LogP contribution in [0.1, 0.15) is 0 Å². The van der Waals surface area contributed by atoms with E-state index >= 15 is 0 Å². The average Bonchev–Trinajstić information content (AvgIpc) is 2.65. The van der Waals surface area contributed by atoms with Gasteiger partial charge < -0.3 is 4.74 Å². The number of carbonyl (C=O) groups excluding carboxylic acids is 1. The number of ether oxygens (including phenoxy) is 3. The lowest BCUT2D eigenvalue weighted by Gasteiger charge is -2.39. The maximum Gasteiger partial charge on any atom is 0.462 e. The Labute approximate surface area is 185 Å². The van der Waals surface area contributed by atoms with Gasteiger partial charge >= 0.3 is 54.3 Å². The fourth-order valence-electron chi connectivity index (χ4n) is 1.81. The van der Waals surface area contributed by atoms with Gasteiger partial charge in [-0.3, -0.25) is 9.47 Å². The van der Waals surface area contributed by atoms with Crippen LogP contribution in [-0.2, 0) is 14.3 Å². The number of alkyl halides is 17. The van der Waals surface area contributed by atoms with E-state index < -0.39 is 60.1 Å². The van der Waals surface area contributed by atoms with Crippen LogP contribution in [0.5, 0.6) is 5.75 Å². The molecule has 4 nitrogen and oxygen atoms in total. The van der Waals surface area contributed by atoms with Gasteiger partial charge in [-0.2, -0.15) is 74.6 Å². The van der Waals surface area contributed by atoms with E-state index in [0.717, 1.165) is 18.2 Å². The third-order valence-electron chi connectivity index (χ3n) is 3.58. The van der Waals surface area contributed by atoms with Crippen molar-refractivity contribution in [2.75, 3.05) is 0 Å². The number of rotatable bonds is 8. The van der Waals surface area contributed by atoms with Crippen LogP contribution in [0, 0.1) is 0 Å². The Balaban J connectivity index is 3.61. The molecule has 0 radical (unpaired) electrons. The van der Waals surface area contributed by atoms with Crippen molar-refractivity contribution in [1.29, 1.82) is 0 Å². The van der Waals surface area contributed by atoms with Gasteiger partial charge in [-0.1, -0.05) is 18.2 Å². The van der Waals surface area contributed by atoms with Gasteiger partial charge in [0.2, 0.25) is 0 Å². The second-order valence-electron chi connectivity index (χ2n) is 6.20. The van der Waals surface area contributed by atoms with Gasteiger partial charge in [-0.25, -0.2) is 4.79 Å². The largest absolute Gasteiger partial charge is 0.462 e. The predicted molar refractivity (Wildman–Crippen MR) is 74.9 cm³/mol. The van der Waals surface area contributed by atoms with E-state index in [1.807, 2.05) is 4.74 Å². The Bertz CT molecular complexity index is 923. The Morgan fingerprint density at radius 2 is 1.00 bits per heavy atom. The SMILES string of the molecule is O=C(Oc1ccccc1)[C@](F)(OC(F)(F)[C@@](F)(OC(F)(F)C(F)(F)C(F)(F)F)C(F)(F)F)C(F)(F)F. The molecule has 0 aliphatic heterocycles. The van der Waals surface area contributed by atoms with Crippen LogP contribution in [-0.4, -0.2) is 54.3 Å². The quantitative estimate of drug-likeness (QED) is 0.204. The van der Waals surface area contributed by atoms with Gasteiger partial charge in [-0.15, -0.1) is 0 Å². The highest BCUT2D eigenvalue weighted by Gasteiger charge is 2.85. The van der Waals surface area contributed by atoms with E-state index in [-0.39, 0.29) is 0 Å². The Morgan fingerprint density at radius 1 is 0.556 bits per heavy atom. The topological polar surface area (TPSA) is 44.8 Å². The molecule has 0 amide bonds. The summed E-state index contributed by atoms with van der Waals surface area (Å²) in [5.41, 5.74) is 0. The van der Waals surface area contributed by atoms with E-state index in [1.54, 1.807) is 0 Å². The Morgan fingerprint density at radius 3 is 1.36 bits per heavy atom. The maximum absolute atomic E-state index is 14.2. The van der Waals surface area contributed by atoms with Crippen molar-refractivity contribution in [3.05, 3.63) is 30.3 Å². The number of benzene rings is 1. The molecule has 0 heterocycles. The first-order chi connectivity index (χ1) is 15.7. The summed E-state index contributed by atoms with van der Waals surface area (Å²) in [6.45, 7) is 0. The molecule has 0 N–H and O–H groups in total. The van der Waals surface area contributed by atoms with Crippen LogP contribution in [0.15, 0.2) is 30.3 Å². The third-order valence-corrected chi connectivity index (χ3v) is 3.58. The zero-order chi connectivity index (χ0) is 28.8. The van der Waals surface area contributed by atoms with Crippen molar-refractivity contribution in [3.8, 4) is 5.75 Å². The average molecular weight is 572 g/mol. The number of hydrogen-bond donors (Lipinski definition) is 0. The van der Waals surface area contributed by atoms with Crippen molar-refractivity contribution in [2.24, 2.45) is 0 Å². The number of esters is 1. The molecular weight excluding hydrogens is 567 g/mol. The lowest BCUT2D eigenvalue weighted by atomic mass is 10.2. The number of hydrogen-bond acceptors (Lipinski definition) is 4. The minimum atomic E-state index is -8.08. The molecule has 36 heavy (non-hydrogen) atoms. The first-order valence-corrected chi connectivity index (χ1v) is 8.05. The highest BCUT2D eigenvalue weighted by Crippen LogP contribution is 2.56. The van der Waals surface area contributed by atoms with Crippen molar-refractivity contribution >= 4 is 5.97 Å². The molecule has 1 aromatic rings. The van der Waals surface area contributed by atoms with Crippen LogP contribution in [0.4, 0.5) is 74.6 Å². The Hall–Kier alpha value is -2.58. The van der Waals surface area contributed by atoms with Gasteiger partial charge in [0.25, 0.3) is 0 Å². The summed E-state index contributed by atoms with van der Waals surface area (Å²) in [5, 5.41) is 0. The van der Waals surface area contributed by atoms with Crippen molar-refractivity contribution in [2.45, 2.75) is 48.4 Å². The Kier molecular flexibility index (Phi) is 7.92. The summed E-state index contributed by atoms with van der Waals surface area (Å²) in [6, 6.07) is 3.80. The molecule has 0 aliphatic carbocycles. The predicted octanol–water partition coefficient (Wildman–Crippen LogP) is 6.46. The summed E-state index contributed by atoms with van der Waals surface area (Å²) in [7, 11) is 0.